The van der Waals surface area contributed by atoms with Crippen LogP contribution in [0.3, 0.4) is 0 Å². The van der Waals surface area contributed by atoms with Gasteiger partial charge in [-0.1, -0.05) is 25.0 Å². The molecule has 2 atom stereocenters. The second-order valence-corrected chi connectivity index (χ2v) is 8.10. The van der Waals surface area contributed by atoms with Gasteiger partial charge in [0.25, 0.3) is 0 Å². The number of benzene rings is 1. The van der Waals surface area contributed by atoms with Crippen LogP contribution in [0.5, 0.6) is 0 Å². The van der Waals surface area contributed by atoms with Crippen LogP contribution >= 0.6 is 12.4 Å². The van der Waals surface area contributed by atoms with Crippen molar-refractivity contribution in [3.05, 3.63) is 29.8 Å². The highest BCUT2D eigenvalue weighted by molar-refractivity contribution is 7.89. The molecule has 1 fully saturated rings. The third-order valence-electron chi connectivity index (χ3n) is 4.54. The zero-order valence-corrected chi connectivity index (χ0v) is 15.5. The zero-order chi connectivity index (χ0) is 17.1. The van der Waals surface area contributed by atoms with E-state index in [9.17, 15) is 13.2 Å². The van der Waals surface area contributed by atoms with E-state index < -0.39 is 15.6 Å². The second-order valence-electron chi connectivity index (χ2n) is 6.53. The summed E-state index contributed by atoms with van der Waals surface area (Å²) < 4.78 is 22.4. The molecule has 0 saturated heterocycles. The Morgan fingerprint density at radius 2 is 1.92 bits per heavy atom. The van der Waals surface area contributed by atoms with Gasteiger partial charge in [0, 0.05) is 12.1 Å². The molecule has 0 bridgehead atoms. The summed E-state index contributed by atoms with van der Waals surface area (Å²) in [5.74, 6) is -0.128. The van der Waals surface area contributed by atoms with E-state index >= 15 is 0 Å². The number of carbonyl (C=O) groups excluding carboxylic acids is 1. The lowest BCUT2D eigenvalue weighted by Gasteiger charge is -2.37. The predicted molar refractivity (Wildman–Crippen MR) is 96.3 cm³/mol. The van der Waals surface area contributed by atoms with E-state index in [2.05, 4.69) is 5.32 Å². The van der Waals surface area contributed by atoms with Gasteiger partial charge in [-0.15, -0.1) is 12.4 Å². The minimum absolute atomic E-state index is 0. The summed E-state index contributed by atoms with van der Waals surface area (Å²) in [5.41, 5.74) is 6.74. The summed E-state index contributed by atoms with van der Waals surface area (Å²) in [6.45, 7) is 2.45. The summed E-state index contributed by atoms with van der Waals surface area (Å²) in [4.78, 5) is 12.4. The second kappa shape index (κ2) is 8.29. The first-order valence-corrected chi connectivity index (χ1v) is 9.43. The van der Waals surface area contributed by atoms with Crippen molar-refractivity contribution in [1.82, 2.24) is 5.32 Å². The molecular weight excluding hydrogens is 350 g/mol. The lowest BCUT2D eigenvalue weighted by atomic mass is 9.74. The Hall–Kier alpha value is -1.15. The maximum atomic E-state index is 12.3. The summed E-state index contributed by atoms with van der Waals surface area (Å²) in [6, 6.07) is 6.37. The van der Waals surface area contributed by atoms with Crippen molar-refractivity contribution in [3.8, 4) is 0 Å². The topological polar surface area (TPSA) is 115 Å². The van der Waals surface area contributed by atoms with Gasteiger partial charge in [-0.25, -0.2) is 13.6 Å². The standard InChI is InChI=1S/C16H25N3O3S.ClH/c1-16(17)10-3-2-4-14(16)15(20)19-11-9-12-5-7-13(8-6-12)23(18,21)22;/h5-8,14H,2-4,9-11,17H2,1H3,(H,19,20)(H2,18,21,22);1H. The Bertz CT molecular complexity index is 660. The van der Waals surface area contributed by atoms with Gasteiger partial charge in [0.05, 0.1) is 10.8 Å². The molecule has 0 aromatic heterocycles. The average molecular weight is 376 g/mol. The Balaban J connectivity index is 0.00000288. The van der Waals surface area contributed by atoms with Crippen molar-refractivity contribution in [2.75, 3.05) is 6.54 Å². The summed E-state index contributed by atoms with van der Waals surface area (Å²) in [6.07, 6.45) is 4.46. The van der Waals surface area contributed by atoms with Gasteiger partial charge in [-0.05, 0) is 43.9 Å². The molecule has 1 aliphatic carbocycles. The minimum Gasteiger partial charge on any atom is -0.355 e. The molecule has 1 amide bonds. The molecular formula is C16H26ClN3O3S. The number of primary sulfonamides is 1. The normalized spacial score (nSPS) is 24.0. The Kier molecular flexibility index (Phi) is 7.22. The van der Waals surface area contributed by atoms with Crippen LogP contribution < -0.4 is 16.2 Å². The Labute approximate surface area is 149 Å². The SMILES string of the molecule is CC1(N)CCCCC1C(=O)NCCc1ccc(S(N)(=O)=O)cc1.Cl. The van der Waals surface area contributed by atoms with E-state index in [-0.39, 0.29) is 29.1 Å². The van der Waals surface area contributed by atoms with Crippen molar-refractivity contribution in [1.29, 1.82) is 0 Å². The monoisotopic (exact) mass is 375 g/mol. The van der Waals surface area contributed by atoms with Crippen LogP contribution in [-0.4, -0.2) is 26.4 Å². The maximum Gasteiger partial charge on any atom is 0.238 e. The summed E-state index contributed by atoms with van der Waals surface area (Å²) >= 11 is 0. The molecule has 1 aromatic rings. The molecule has 0 radical (unpaired) electrons. The van der Waals surface area contributed by atoms with E-state index in [0.29, 0.717) is 13.0 Å². The average Bonchev–Trinajstić information content (AvgIpc) is 2.46. The number of halogens is 1. The fourth-order valence-electron chi connectivity index (χ4n) is 3.09. The first-order chi connectivity index (χ1) is 10.7. The third kappa shape index (κ3) is 5.44. The predicted octanol–water partition coefficient (Wildman–Crippen LogP) is 1.32. The Morgan fingerprint density at radius 3 is 2.46 bits per heavy atom. The lowest BCUT2D eigenvalue weighted by molar-refractivity contribution is -0.128. The number of sulfonamides is 1. The maximum absolute atomic E-state index is 12.3. The molecule has 8 heteroatoms. The fourth-order valence-corrected chi connectivity index (χ4v) is 3.60. The Morgan fingerprint density at radius 1 is 1.29 bits per heavy atom. The number of hydrogen-bond acceptors (Lipinski definition) is 4. The van der Waals surface area contributed by atoms with Gasteiger partial charge in [-0.3, -0.25) is 4.79 Å². The van der Waals surface area contributed by atoms with E-state index in [4.69, 9.17) is 10.9 Å². The van der Waals surface area contributed by atoms with Crippen LogP contribution in [0.4, 0.5) is 0 Å². The van der Waals surface area contributed by atoms with E-state index in [1.807, 2.05) is 6.92 Å². The quantitative estimate of drug-likeness (QED) is 0.719. The first kappa shape index (κ1) is 20.9. The smallest absolute Gasteiger partial charge is 0.238 e. The van der Waals surface area contributed by atoms with Crippen molar-refractivity contribution in [2.24, 2.45) is 16.8 Å². The van der Waals surface area contributed by atoms with Crippen LogP contribution in [0.1, 0.15) is 38.2 Å². The number of rotatable bonds is 5. The van der Waals surface area contributed by atoms with E-state index in [1.54, 1.807) is 12.1 Å². The first-order valence-electron chi connectivity index (χ1n) is 7.88. The van der Waals surface area contributed by atoms with Gasteiger partial charge in [0.15, 0.2) is 0 Å². The number of hydrogen-bond donors (Lipinski definition) is 3. The van der Waals surface area contributed by atoms with Crippen LogP contribution in [-0.2, 0) is 21.2 Å². The molecule has 0 heterocycles. The molecule has 1 aromatic carbocycles. The van der Waals surface area contributed by atoms with Crippen LogP contribution in [0, 0.1) is 5.92 Å². The van der Waals surface area contributed by atoms with E-state index in [0.717, 1.165) is 31.2 Å². The highest BCUT2D eigenvalue weighted by atomic mass is 35.5. The van der Waals surface area contributed by atoms with Crippen molar-refractivity contribution < 1.29 is 13.2 Å². The summed E-state index contributed by atoms with van der Waals surface area (Å²) in [5, 5.41) is 8.00. The molecule has 24 heavy (non-hydrogen) atoms. The zero-order valence-electron chi connectivity index (χ0n) is 13.8. The van der Waals surface area contributed by atoms with E-state index in [1.165, 1.54) is 12.1 Å². The summed E-state index contributed by atoms with van der Waals surface area (Å²) in [7, 11) is -3.66. The fraction of sp³-hybridized carbons (Fsp3) is 0.562. The van der Waals surface area contributed by atoms with Gasteiger partial charge >= 0.3 is 0 Å². The molecule has 1 aliphatic rings. The number of carbonyl (C=O) groups is 1. The van der Waals surface area contributed by atoms with Gasteiger partial charge < -0.3 is 11.1 Å². The molecule has 5 N–H and O–H groups in total. The van der Waals surface area contributed by atoms with Gasteiger partial charge in [-0.2, -0.15) is 0 Å². The lowest BCUT2D eigenvalue weighted by Crippen LogP contribution is -2.53. The number of nitrogens with two attached hydrogens (primary N) is 2. The molecule has 6 nitrogen and oxygen atoms in total. The third-order valence-corrected chi connectivity index (χ3v) is 5.46. The van der Waals surface area contributed by atoms with Crippen molar-refractivity contribution in [3.63, 3.8) is 0 Å². The number of nitrogens with one attached hydrogen (secondary N) is 1. The van der Waals surface area contributed by atoms with Crippen molar-refractivity contribution in [2.45, 2.75) is 49.5 Å². The molecule has 1 saturated carbocycles. The largest absolute Gasteiger partial charge is 0.355 e. The van der Waals surface area contributed by atoms with Crippen LogP contribution in [0.2, 0.25) is 0 Å². The highest BCUT2D eigenvalue weighted by Gasteiger charge is 2.37. The molecule has 0 spiro atoms. The van der Waals surface area contributed by atoms with Crippen LogP contribution in [0.25, 0.3) is 0 Å². The van der Waals surface area contributed by atoms with Gasteiger partial charge in [0.2, 0.25) is 15.9 Å². The number of amides is 1. The minimum atomic E-state index is -3.66. The van der Waals surface area contributed by atoms with Crippen LogP contribution in [0.15, 0.2) is 29.2 Å². The molecule has 2 rings (SSSR count). The molecule has 136 valence electrons. The molecule has 2 unspecified atom stereocenters. The molecule has 0 aliphatic heterocycles. The highest BCUT2D eigenvalue weighted by Crippen LogP contribution is 2.31. The van der Waals surface area contributed by atoms with Gasteiger partial charge in [0.1, 0.15) is 0 Å². The van der Waals surface area contributed by atoms with Crippen molar-refractivity contribution >= 4 is 28.3 Å².